The highest BCUT2D eigenvalue weighted by Crippen LogP contribution is 2.20. The molecule has 0 amide bonds. The Morgan fingerprint density at radius 3 is 2.94 bits per heavy atom. The van der Waals surface area contributed by atoms with Gasteiger partial charge in [-0.1, -0.05) is 6.07 Å². The van der Waals surface area contributed by atoms with E-state index in [-0.39, 0.29) is 0 Å². The van der Waals surface area contributed by atoms with Crippen LogP contribution >= 0.6 is 0 Å². The van der Waals surface area contributed by atoms with Crippen molar-refractivity contribution in [3.63, 3.8) is 0 Å². The van der Waals surface area contributed by atoms with Gasteiger partial charge in [-0.15, -0.1) is 10.2 Å². The maximum Gasteiger partial charge on any atom is 0.204 e. The fourth-order valence-electron chi connectivity index (χ4n) is 1.62. The van der Waals surface area contributed by atoms with E-state index in [0.29, 0.717) is 18.1 Å². The van der Waals surface area contributed by atoms with E-state index in [0.717, 1.165) is 11.4 Å². The van der Waals surface area contributed by atoms with Crippen LogP contribution in [0.2, 0.25) is 0 Å². The highest BCUT2D eigenvalue weighted by atomic mass is 16.3. The molecule has 5 heteroatoms. The molecule has 0 bridgehead atoms. The second-order valence-corrected chi connectivity index (χ2v) is 3.42. The highest BCUT2D eigenvalue weighted by Gasteiger charge is 2.10. The van der Waals surface area contributed by atoms with Crippen molar-refractivity contribution in [3.05, 3.63) is 42.3 Å². The lowest BCUT2D eigenvalue weighted by molar-refractivity contribution is 0.521. The Morgan fingerprint density at radius 1 is 1.19 bits per heavy atom. The number of hydrogen-bond acceptors (Lipinski definition) is 4. The maximum absolute atomic E-state index is 5.54. The lowest BCUT2D eigenvalue weighted by Gasteiger charge is -1.95. The van der Waals surface area contributed by atoms with Crippen molar-refractivity contribution in [1.29, 1.82) is 0 Å². The first-order chi connectivity index (χ1) is 7.88. The summed E-state index contributed by atoms with van der Waals surface area (Å²) in [4.78, 5) is 0. The lowest BCUT2D eigenvalue weighted by atomic mass is 10.4. The van der Waals surface area contributed by atoms with Crippen LogP contribution in [0.1, 0.15) is 5.76 Å². The Labute approximate surface area is 91.5 Å². The average molecular weight is 214 g/mol. The van der Waals surface area contributed by atoms with Gasteiger partial charge in [-0.3, -0.25) is 4.40 Å². The zero-order valence-electron chi connectivity index (χ0n) is 8.50. The van der Waals surface area contributed by atoms with Crippen molar-refractivity contribution in [1.82, 2.24) is 14.6 Å². The van der Waals surface area contributed by atoms with E-state index < -0.39 is 0 Å². The summed E-state index contributed by atoms with van der Waals surface area (Å²) in [6.45, 7) is 0.386. The van der Waals surface area contributed by atoms with E-state index in [2.05, 4.69) is 10.2 Å². The Bertz CT molecular complexity index is 625. The van der Waals surface area contributed by atoms with Crippen LogP contribution in [0.3, 0.4) is 0 Å². The third-order valence-electron chi connectivity index (χ3n) is 2.40. The summed E-state index contributed by atoms with van der Waals surface area (Å²) in [6.07, 6.45) is 1.90. The minimum Gasteiger partial charge on any atom is -0.456 e. The molecule has 16 heavy (non-hydrogen) atoms. The molecule has 2 N–H and O–H groups in total. The molecular formula is C11H10N4O. The topological polar surface area (TPSA) is 69.3 Å². The number of nitrogens with two attached hydrogens (primary N) is 1. The van der Waals surface area contributed by atoms with Gasteiger partial charge in [0.25, 0.3) is 0 Å². The Balaban J connectivity index is 2.18. The first-order valence-corrected chi connectivity index (χ1v) is 4.97. The largest absolute Gasteiger partial charge is 0.456 e. The van der Waals surface area contributed by atoms with Gasteiger partial charge in [0.1, 0.15) is 5.76 Å². The Hall–Kier alpha value is -2.14. The zero-order valence-corrected chi connectivity index (χ0v) is 8.50. The van der Waals surface area contributed by atoms with E-state index in [9.17, 15) is 0 Å². The molecule has 0 aliphatic heterocycles. The summed E-state index contributed by atoms with van der Waals surface area (Å²) in [6, 6.07) is 9.43. The van der Waals surface area contributed by atoms with Crippen LogP contribution in [0, 0.1) is 0 Å². The molecule has 0 saturated carbocycles. The standard InChI is InChI=1S/C11H10N4O/c12-7-8-4-5-9(16-8)11-14-13-10-3-1-2-6-15(10)11/h1-6H,7,12H2. The van der Waals surface area contributed by atoms with E-state index in [1.54, 1.807) is 0 Å². The summed E-state index contributed by atoms with van der Waals surface area (Å²) >= 11 is 0. The molecule has 0 unspecified atom stereocenters. The van der Waals surface area contributed by atoms with E-state index >= 15 is 0 Å². The normalized spacial score (nSPS) is 11.1. The molecule has 0 aliphatic carbocycles. The van der Waals surface area contributed by atoms with Crippen molar-refractivity contribution >= 4 is 5.65 Å². The van der Waals surface area contributed by atoms with Crippen LogP contribution in [0.25, 0.3) is 17.2 Å². The van der Waals surface area contributed by atoms with Gasteiger partial charge in [-0.05, 0) is 24.3 Å². The van der Waals surface area contributed by atoms with Gasteiger partial charge in [-0.25, -0.2) is 0 Å². The molecule has 0 atom stereocenters. The fourth-order valence-corrected chi connectivity index (χ4v) is 1.62. The van der Waals surface area contributed by atoms with Gasteiger partial charge in [-0.2, -0.15) is 0 Å². The van der Waals surface area contributed by atoms with Gasteiger partial charge in [0.2, 0.25) is 5.82 Å². The molecule has 0 saturated heterocycles. The van der Waals surface area contributed by atoms with Crippen molar-refractivity contribution in [2.75, 3.05) is 0 Å². The second kappa shape index (κ2) is 3.46. The maximum atomic E-state index is 5.54. The number of nitrogens with zero attached hydrogens (tertiary/aromatic N) is 3. The molecule has 0 fully saturated rings. The summed E-state index contributed by atoms with van der Waals surface area (Å²) in [5.74, 6) is 2.11. The predicted octanol–water partition coefficient (Wildman–Crippen LogP) is 1.45. The minimum absolute atomic E-state index is 0.386. The van der Waals surface area contributed by atoms with E-state index in [4.69, 9.17) is 10.2 Å². The van der Waals surface area contributed by atoms with Crippen LogP contribution in [-0.2, 0) is 6.54 Å². The van der Waals surface area contributed by atoms with Crippen molar-refractivity contribution in [3.8, 4) is 11.6 Å². The number of hydrogen-bond donors (Lipinski definition) is 1. The van der Waals surface area contributed by atoms with Crippen molar-refractivity contribution < 1.29 is 4.42 Å². The fraction of sp³-hybridized carbons (Fsp3) is 0.0909. The van der Waals surface area contributed by atoms with E-state index in [1.165, 1.54) is 0 Å². The summed E-state index contributed by atoms with van der Waals surface area (Å²) in [7, 11) is 0. The van der Waals surface area contributed by atoms with Gasteiger partial charge >= 0.3 is 0 Å². The monoisotopic (exact) mass is 214 g/mol. The molecule has 0 aliphatic rings. The number of rotatable bonds is 2. The molecule has 80 valence electrons. The second-order valence-electron chi connectivity index (χ2n) is 3.42. The summed E-state index contributed by atoms with van der Waals surface area (Å²) < 4.78 is 7.41. The molecule has 0 spiro atoms. The number of fused-ring (bicyclic) bond motifs is 1. The van der Waals surface area contributed by atoms with Crippen molar-refractivity contribution in [2.45, 2.75) is 6.54 Å². The first kappa shape index (κ1) is 9.11. The molecule has 3 aromatic rings. The molecule has 3 heterocycles. The SMILES string of the molecule is NCc1ccc(-c2nnc3ccccn23)o1. The van der Waals surface area contributed by atoms with Crippen LogP contribution in [0.5, 0.6) is 0 Å². The smallest absolute Gasteiger partial charge is 0.204 e. The molecule has 0 aromatic carbocycles. The third kappa shape index (κ3) is 1.30. The summed E-state index contributed by atoms with van der Waals surface area (Å²) in [5, 5.41) is 8.14. The highest BCUT2D eigenvalue weighted by molar-refractivity contribution is 5.53. The molecule has 5 nitrogen and oxygen atoms in total. The number of pyridine rings is 1. The number of furan rings is 1. The van der Waals surface area contributed by atoms with Crippen LogP contribution < -0.4 is 5.73 Å². The predicted molar refractivity (Wildman–Crippen MR) is 58.6 cm³/mol. The first-order valence-electron chi connectivity index (χ1n) is 4.97. The Morgan fingerprint density at radius 2 is 2.12 bits per heavy atom. The minimum atomic E-state index is 0.386. The van der Waals surface area contributed by atoms with E-state index in [1.807, 2.05) is 40.9 Å². The van der Waals surface area contributed by atoms with Crippen LogP contribution in [0.15, 0.2) is 40.9 Å². The van der Waals surface area contributed by atoms with Crippen LogP contribution in [-0.4, -0.2) is 14.6 Å². The van der Waals surface area contributed by atoms with Crippen molar-refractivity contribution in [2.24, 2.45) is 5.73 Å². The molecular weight excluding hydrogens is 204 g/mol. The average Bonchev–Trinajstić information content (AvgIpc) is 2.94. The third-order valence-corrected chi connectivity index (χ3v) is 2.40. The van der Waals surface area contributed by atoms with Gasteiger partial charge in [0, 0.05) is 6.20 Å². The molecule has 3 rings (SSSR count). The summed E-state index contributed by atoms with van der Waals surface area (Å²) in [5.41, 5.74) is 6.29. The molecule has 3 aromatic heterocycles. The van der Waals surface area contributed by atoms with Gasteiger partial charge < -0.3 is 10.2 Å². The van der Waals surface area contributed by atoms with Gasteiger partial charge in [0.15, 0.2) is 11.4 Å². The number of aromatic nitrogens is 3. The van der Waals surface area contributed by atoms with Crippen LogP contribution in [0.4, 0.5) is 0 Å². The zero-order chi connectivity index (χ0) is 11.0. The quantitative estimate of drug-likeness (QED) is 0.701. The lowest BCUT2D eigenvalue weighted by Crippen LogP contribution is -1.92. The van der Waals surface area contributed by atoms with Gasteiger partial charge in [0.05, 0.1) is 6.54 Å². The Kier molecular flexibility index (Phi) is 1.97. The molecule has 0 radical (unpaired) electrons.